The summed E-state index contributed by atoms with van der Waals surface area (Å²) in [4.78, 5) is 5.06. The van der Waals surface area contributed by atoms with Crippen molar-refractivity contribution in [3.63, 3.8) is 0 Å². The van der Waals surface area contributed by atoms with E-state index in [2.05, 4.69) is 144 Å². The molecule has 0 spiro atoms. The van der Waals surface area contributed by atoms with E-state index < -0.39 is 0 Å². The fraction of sp³-hybridized carbons (Fsp3) is 0. The molecule has 0 bridgehead atoms. The van der Waals surface area contributed by atoms with Crippen molar-refractivity contribution in [2.75, 3.05) is 0 Å². The molecule has 6 aromatic carbocycles. The van der Waals surface area contributed by atoms with Crippen molar-refractivity contribution in [3.05, 3.63) is 146 Å². The van der Waals surface area contributed by atoms with Gasteiger partial charge >= 0.3 is 0 Å². The van der Waals surface area contributed by atoms with Gasteiger partial charge in [-0.25, -0.2) is 0 Å². The van der Waals surface area contributed by atoms with Gasteiger partial charge in [-0.3, -0.25) is 4.98 Å². The van der Waals surface area contributed by atoms with Gasteiger partial charge in [0, 0.05) is 44.6 Å². The van der Waals surface area contributed by atoms with Crippen LogP contribution in [0.5, 0.6) is 0 Å². The molecule has 190 valence electrons. The van der Waals surface area contributed by atoms with E-state index in [1.807, 2.05) is 6.20 Å². The number of hydrogen-bond donors (Lipinski definition) is 0. The van der Waals surface area contributed by atoms with Crippen LogP contribution in [-0.2, 0) is 0 Å². The van der Waals surface area contributed by atoms with Gasteiger partial charge in [0.15, 0.2) is 0 Å². The van der Waals surface area contributed by atoms with Gasteiger partial charge in [-0.1, -0.05) is 109 Å². The minimum Gasteiger partial charge on any atom is -0.309 e. The Morgan fingerprint density at radius 3 is 2.12 bits per heavy atom. The maximum Gasteiger partial charge on any atom is 0.0787 e. The number of aromatic nitrogens is 2. The first kappa shape index (κ1) is 22.4. The molecule has 8 aromatic rings. The molecule has 1 aliphatic carbocycles. The Morgan fingerprint density at radius 1 is 0.463 bits per heavy atom. The number of benzene rings is 6. The SMILES string of the molecule is c1ccc(-c2ccc3c(c2)c2ccccc2n3-c2cccc(-c3ncc4cccc5c4c3-c3ccccc3-5)c2)cc1. The third-order valence-corrected chi connectivity index (χ3v) is 8.56. The summed E-state index contributed by atoms with van der Waals surface area (Å²) >= 11 is 0. The molecule has 2 heteroatoms. The van der Waals surface area contributed by atoms with Crippen molar-refractivity contribution in [3.8, 4) is 50.3 Å². The van der Waals surface area contributed by atoms with Crippen LogP contribution < -0.4 is 0 Å². The Hall–Kier alpha value is -5.47. The minimum absolute atomic E-state index is 1.03. The van der Waals surface area contributed by atoms with Crippen LogP contribution in [0.1, 0.15) is 0 Å². The molecule has 0 N–H and O–H groups in total. The van der Waals surface area contributed by atoms with Crippen LogP contribution in [0.3, 0.4) is 0 Å². The highest BCUT2D eigenvalue weighted by atomic mass is 15.0. The molecular formula is C39H24N2. The first-order chi connectivity index (χ1) is 20.3. The third kappa shape index (κ3) is 3.22. The van der Waals surface area contributed by atoms with Gasteiger partial charge in [0.2, 0.25) is 0 Å². The molecule has 0 unspecified atom stereocenters. The maximum absolute atomic E-state index is 5.06. The van der Waals surface area contributed by atoms with Crippen molar-refractivity contribution >= 4 is 32.6 Å². The highest BCUT2D eigenvalue weighted by Crippen LogP contribution is 2.50. The van der Waals surface area contributed by atoms with Crippen molar-refractivity contribution in [1.82, 2.24) is 9.55 Å². The first-order valence-corrected chi connectivity index (χ1v) is 14.1. The zero-order valence-corrected chi connectivity index (χ0v) is 22.3. The molecule has 41 heavy (non-hydrogen) atoms. The predicted octanol–water partition coefficient (Wildman–Crippen LogP) is 10.3. The van der Waals surface area contributed by atoms with Gasteiger partial charge in [-0.15, -0.1) is 0 Å². The molecule has 2 aromatic heterocycles. The van der Waals surface area contributed by atoms with Crippen molar-refractivity contribution in [2.24, 2.45) is 0 Å². The summed E-state index contributed by atoms with van der Waals surface area (Å²) in [5.74, 6) is 0. The largest absolute Gasteiger partial charge is 0.309 e. The normalized spacial score (nSPS) is 11.9. The second kappa shape index (κ2) is 8.51. The van der Waals surface area contributed by atoms with Crippen LogP contribution >= 0.6 is 0 Å². The van der Waals surface area contributed by atoms with Crippen LogP contribution in [0.15, 0.2) is 146 Å². The number of hydrogen-bond acceptors (Lipinski definition) is 1. The van der Waals surface area contributed by atoms with Crippen LogP contribution in [-0.4, -0.2) is 9.55 Å². The van der Waals surface area contributed by atoms with E-state index in [0.717, 1.165) is 16.9 Å². The summed E-state index contributed by atoms with van der Waals surface area (Å²) in [6.07, 6.45) is 2.03. The summed E-state index contributed by atoms with van der Waals surface area (Å²) in [7, 11) is 0. The van der Waals surface area contributed by atoms with E-state index in [4.69, 9.17) is 4.98 Å². The molecule has 0 fully saturated rings. The van der Waals surface area contributed by atoms with E-state index >= 15 is 0 Å². The lowest BCUT2D eigenvalue weighted by atomic mass is 9.98. The van der Waals surface area contributed by atoms with Crippen molar-refractivity contribution in [1.29, 1.82) is 0 Å². The smallest absolute Gasteiger partial charge is 0.0787 e. The van der Waals surface area contributed by atoms with Gasteiger partial charge in [0.05, 0.1) is 16.7 Å². The van der Waals surface area contributed by atoms with E-state index in [0.29, 0.717) is 0 Å². The Kier molecular flexibility index (Phi) is 4.64. The Labute approximate surface area is 237 Å². The summed E-state index contributed by atoms with van der Waals surface area (Å²) in [5.41, 5.74) is 13.2. The van der Waals surface area contributed by atoms with Crippen molar-refractivity contribution in [2.45, 2.75) is 0 Å². The maximum atomic E-state index is 5.06. The van der Waals surface area contributed by atoms with Crippen LogP contribution in [0, 0.1) is 0 Å². The lowest BCUT2D eigenvalue weighted by Gasteiger charge is -2.13. The number of para-hydroxylation sites is 1. The van der Waals surface area contributed by atoms with Gasteiger partial charge in [-0.05, 0) is 58.1 Å². The molecule has 1 aliphatic rings. The van der Waals surface area contributed by atoms with Gasteiger partial charge in [-0.2, -0.15) is 0 Å². The first-order valence-electron chi connectivity index (χ1n) is 14.1. The molecular weight excluding hydrogens is 496 g/mol. The summed E-state index contributed by atoms with van der Waals surface area (Å²) in [6.45, 7) is 0. The topological polar surface area (TPSA) is 17.8 Å². The lowest BCUT2D eigenvalue weighted by molar-refractivity contribution is 1.18. The molecule has 2 heterocycles. The molecule has 0 aliphatic heterocycles. The molecule has 0 atom stereocenters. The zero-order chi connectivity index (χ0) is 26.9. The number of rotatable bonds is 3. The minimum atomic E-state index is 1.03. The summed E-state index contributed by atoms with van der Waals surface area (Å²) in [6, 6.07) is 50.3. The van der Waals surface area contributed by atoms with Crippen LogP contribution in [0.25, 0.3) is 82.9 Å². The molecule has 2 nitrogen and oxygen atoms in total. The Morgan fingerprint density at radius 2 is 1.20 bits per heavy atom. The average molecular weight is 521 g/mol. The molecule has 9 rings (SSSR count). The number of fused-ring (bicyclic) bond motifs is 6. The van der Waals surface area contributed by atoms with E-state index in [1.54, 1.807) is 0 Å². The van der Waals surface area contributed by atoms with Gasteiger partial charge < -0.3 is 4.57 Å². The Bertz CT molecular complexity index is 2310. The molecule has 0 amide bonds. The lowest BCUT2D eigenvalue weighted by Crippen LogP contribution is -1.95. The van der Waals surface area contributed by atoms with E-state index in [9.17, 15) is 0 Å². The van der Waals surface area contributed by atoms with Crippen LogP contribution in [0.2, 0.25) is 0 Å². The van der Waals surface area contributed by atoms with E-state index in [1.165, 1.54) is 66.0 Å². The Balaban J connectivity index is 1.28. The highest BCUT2D eigenvalue weighted by molar-refractivity contribution is 6.18. The number of pyridine rings is 1. The quantitative estimate of drug-likeness (QED) is 0.227. The molecule has 0 saturated heterocycles. The zero-order valence-electron chi connectivity index (χ0n) is 22.3. The fourth-order valence-corrected chi connectivity index (χ4v) is 6.77. The summed E-state index contributed by atoms with van der Waals surface area (Å²) in [5, 5.41) is 5.00. The van der Waals surface area contributed by atoms with Crippen molar-refractivity contribution < 1.29 is 0 Å². The number of nitrogens with zero attached hydrogens (tertiary/aromatic N) is 2. The second-order valence-corrected chi connectivity index (χ2v) is 10.8. The van der Waals surface area contributed by atoms with Gasteiger partial charge in [0.1, 0.15) is 0 Å². The summed E-state index contributed by atoms with van der Waals surface area (Å²) < 4.78 is 2.39. The van der Waals surface area contributed by atoms with Crippen LogP contribution in [0.4, 0.5) is 0 Å². The fourth-order valence-electron chi connectivity index (χ4n) is 6.77. The third-order valence-electron chi connectivity index (χ3n) is 8.56. The highest BCUT2D eigenvalue weighted by Gasteiger charge is 2.25. The average Bonchev–Trinajstić information content (AvgIpc) is 3.56. The molecule has 0 radical (unpaired) electrons. The van der Waals surface area contributed by atoms with Gasteiger partial charge in [0.25, 0.3) is 0 Å². The standard InChI is InChI=1S/C39H24N2/c1-2-10-25(11-3-1)26-20-21-36-34(23-26)31-16-6-7-19-35(31)41(36)29-14-8-12-27(22-29)39-38-33-17-5-4-15-30(33)32-18-9-13-28(24-40-39)37(32)38/h1-24H. The second-order valence-electron chi connectivity index (χ2n) is 10.8. The predicted molar refractivity (Wildman–Crippen MR) is 171 cm³/mol. The van der Waals surface area contributed by atoms with E-state index in [-0.39, 0.29) is 0 Å². The monoisotopic (exact) mass is 520 g/mol. The molecule has 0 saturated carbocycles.